The van der Waals surface area contributed by atoms with Crippen molar-refractivity contribution in [3.63, 3.8) is 0 Å². The van der Waals surface area contributed by atoms with Crippen LogP contribution in [0.2, 0.25) is 0 Å². The Morgan fingerprint density at radius 1 is 1.19 bits per heavy atom. The minimum Gasteiger partial charge on any atom is -0.444 e. The fourth-order valence-corrected chi connectivity index (χ4v) is 5.46. The molecule has 1 N–H and O–H groups in total. The number of ether oxygens (including phenoxy) is 2. The first-order valence-electron chi connectivity index (χ1n) is 12.1. The van der Waals surface area contributed by atoms with Gasteiger partial charge in [0.25, 0.3) is 5.91 Å². The molecule has 2 aliphatic heterocycles. The van der Waals surface area contributed by atoms with E-state index in [-0.39, 0.29) is 33.8 Å². The minimum absolute atomic E-state index is 0.0440. The molecule has 0 spiro atoms. The molecule has 2 amide bonds. The molecule has 9 nitrogen and oxygen atoms in total. The number of amides is 2. The SMILES string of the molecule is CNC(=O)c1csc2c(C(F)(F)F)cc(N3CCN(CC4CN(C(=O)OC(C)(C)C)CCO4)CC3)nc12. The Balaban J connectivity index is 1.42. The van der Waals surface area contributed by atoms with E-state index in [0.29, 0.717) is 52.4 Å². The van der Waals surface area contributed by atoms with Crippen molar-refractivity contribution < 1.29 is 32.2 Å². The van der Waals surface area contributed by atoms with Gasteiger partial charge in [-0.15, -0.1) is 11.3 Å². The van der Waals surface area contributed by atoms with Crippen LogP contribution in [0.3, 0.4) is 0 Å². The fraction of sp³-hybridized carbons (Fsp3) is 0.625. The van der Waals surface area contributed by atoms with Crippen molar-refractivity contribution in [1.82, 2.24) is 20.1 Å². The Morgan fingerprint density at radius 2 is 1.89 bits per heavy atom. The van der Waals surface area contributed by atoms with Crippen LogP contribution in [0.15, 0.2) is 11.4 Å². The van der Waals surface area contributed by atoms with Gasteiger partial charge >= 0.3 is 12.3 Å². The molecule has 37 heavy (non-hydrogen) atoms. The highest BCUT2D eigenvalue weighted by atomic mass is 32.1. The van der Waals surface area contributed by atoms with E-state index in [1.165, 1.54) is 12.4 Å². The first-order chi connectivity index (χ1) is 17.4. The zero-order valence-corrected chi connectivity index (χ0v) is 22.2. The maximum absolute atomic E-state index is 13.9. The number of thiophene rings is 1. The summed E-state index contributed by atoms with van der Waals surface area (Å²) >= 11 is 0.870. The van der Waals surface area contributed by atoms with Gasteiger partial charge in [0.15, 0.2) is 0 Å². The zero-order valence-electron chi connectivity index (χ0n) is 21.4. The predicted molar refractivity (Wildman–Crippen MR) is 134 cm³/mol. The quantitative estimate of drug-likeness (QED) is 0.632. The normalized spacial score (nSPS) is 19.8. The molecule has 4 rings (SSSR count). The second-order valence-electron chi connectivity index (χ2n) is 10.1. The van der Waals surface area contributed by atoms with Crippen LogP contribution in [0.4, 0.5) is 23.8 Å². The van der Waals surface area contributed by atoms with Crippen molar-refractivity contribution in [2.24, 2.45) is 0 Å². The van der Waals surface area contributed by atoms with E-state index in [1.807, 2.05) is 25.7 Å². The van der Waals surface area contributed by atoms with Crippen LogP contribution in [-0.4, -0.2) is 98.0 Å². The molecule has 4 heterocycles. The standard InChI is InChI=1S/C24H32F3N5O4S/c1-23(2,3)36-22(34)32-9-10-35-15(13-32)12-30-5-7-31(8-6-30)18-11-17(24(25,26)27)20-19(29-18)16(14-37-20)21(33)28-4/h11,14-15H,5-10,12-13H2,1-4H3,(H,28,33). The zero-order chi connectivity index (χ0) is 27.0. The van der Waals surface area contributed by atoms with Gasteiger partial charge in [-0.1, -0.05) is 0 Å². The number of hydrogen-bond donors (Lipinski definition) is 1. The Bertz CT molecular complexity index is 1140. The van der Waals surface area contributed by atoms with E-state index in [4.69, 9.17) is 9.47 Å². The number of nitrogens with zero attached hydrogens (tertiary/aromatic N) is 4. The Hall–Kier alpha value is -2.64. The molecular formula is C24H32F3N5O4S. The smallest absolute Gasteiger partial charge is 0.417 e. The molecule has 0 bridgehead atoms. The maximum Gasteiger partial charge on any atom is 0.417 e. The lowest BCUT2D eigenvalue weighted by atomic mass is 10.1. The summed E-state index contributed by atoms with van der Waals surface area (Å²) in [5.74, 6) is -0.269. The van der Waals surface area contributed by atoms with Crippen molar-refractivity contribution in [3.05, 3.63) is 22.6 Å². The molecule has 2 aromatic heterocycles. The number of alkyl halides is 3. The van der Waals surface area contributed by atoms with Crippen LogP contribution in [0.25, 0.3) is 10.2 Å². The molecule has 1 atom stereocenters. The minimum atomic E-state index is -4.57. The third-order valence-electron chi connectivity index (χ3n) is 6.23. The largest absolute Gasteiger partial charge is 0.444 e. The number of carbonyl (C=O) groups excluding carboxylic acids is 2. The molecule has 2 aliphatic rings. The summed E-state index contributed by atoms with van der Waals surface area (Å²) in [4.78, 5) is 34.7. The summed E-state index contributed by atoms with van der Waals surface area (Å²) in [7, 11) is 1.43. The second kappa shape index (κ2) is 10.6. The van der Waals surface area contributed by atoms with Gasteiger partial charge in [0.2, 0.25) is 0 Å². The highest BCUT2D eigenvalue weighted by molar-refractivity contribution is 7.17. The van der Waals surface area contributed by atoms with E-state index in [0.717, 1.165) is 17.4 Å². The summed E-state index contributed by atoms with van der Waals surface area (Å²) in [6, 6.07) is 1.07. The number of anilines is 1. The summed E-state index contributed by atoms with van der Waals surface area (Å²) in [5.41, 5.74) is -1.16. The van der Waals surface area contributed by atoms with E-state index < -0.39 is 23.2 Å². The molecule has 0 aliphatic carbocycles. The van der Waals surface area contributed by atoms with Gasteiger partial charge in [-0.3, -0.25) is 9.69 Å². The molecule has 2 saturated heterocycles. The Kier molecular flexibility index (Phi) is 7.86. The van der Waals surface area contributed by atoms with Crippen molar-refractivity contribution in [3.8, 4) is 0 Å². The molecule has 0 radical (unpaired) electrons. The van der Waals surface area contributed by atoms with Crippen LogP contribution in [0, 0.1) is 0 Å². The molecule has 1 unspecified atom stereocenters. The van der Waals surface area contributed by atoms with Crippen LogP contribution in [0.5, 0.6) is 0 Å². The van der Waals surface area contributed by atoms with Crippen molar-refractivity contribution >= 4 is 39.4 Å². The van der Waals surface area contributed by atoms with Crippen molar-refractivity contribution in [2.45, 2.75) is 38.7 Å². The van der Waals surface area contributed by atoms with Crippen molar-refractivity contribution in [2.75, 3.05) is 64.4 Å². The number of nitrogens with one attached hydrogen (secondary N) is 1. The maximum atomic E-state index is 13.9. The van der Waals surface area contributed by atoms with Gasteiger partial charge in [-0.05, 0) is 26.8 Å². The van der Waals surface area contributed by atoms with E-state index in [1.54, 1.807) is 4.90 Å². The van der Waals surface area contributed by atoms with Gasteiger partial charge in [0.05, 0.1) is 40.6 Å². The molecule has 2 aromatic rings. The van der Waals surface area contributed by atoms with Crippen LogP contribution >= 0.6 is 11.3 Å². The summed E-state index contributed by atoms with van der Waals surface area (Å²) < 4.78 is 52.9. The van der Waals surface area contributed by atoms with Gasteiger partial charge in [0, 0.05) is 51.7 Å². The molecule has 2 fully saturated rings. The summed E-state index contributed by atoms with van der Waals surface area (Å²) in [5, 5.41) is 3.88. The number of fused-ring (bicyclic) bond motifs is 1. The lowest BCUT2D eigenvalue weighted by Gasteiger charge is -2.39. The molecule has 204 valence electrons. The number of aromatic nitrogens is 1. The number of piperazine rings is 1. The highest BCUT2D eigenvalue weighted by Crippen LogP contribution is 2.40. The number of morpholine rings is 1. The number of rotatable bonds is 4. The first kappa shape index (κ1) is 27.4. The van der Waals surface area contributed by atoms with Gasteiger partial charge < -0.3 is 24.6 Å². The lowest BCUT2D eigenvalue weighted by Crippen LogP contribution is -2.54. The number of hydrogen-bond acceptors (Lipinski definition) is 8. The van der Waals surface area contributed by atoms with Crippen LogP contribution in [-0.2, 0) is 15.7 Å². The van der Waals surface area contributed by atoms with Crippen molar-refractivity contribution in [1.29, 1.82) is 0 Å². The first-order valence-corrected chi connectivity index (χ1v) is 13.0. The Morgan fingerprint density at radius 3 is 2.51 bits per heavy atom. The van der Waals surface area contributed by atoms with E-state index >= 15 is 0 Å². The monoisotopic (exact) mass is 543 g/mol. The van der Waals surface area contributed by atoms with Gasteiger partial charge in [-0.2, -0.15) is 13.2 Å². The van der Waals surface area contributed by atoms with E-state index in [2.05, 4.69) is 15.2 Å². The van der Waals surface area contributed by atoms with Gasteiger partial charge in [0.1, 0.15) is 11.4 Å². The number of pyridine rings is 1. The summed E-state index contributed by atoms with van der Waals surface area (Å²) in [6.45, 7) is 9.51. The number of halogens is 3. The van der Waals surface area contributed by atoms with Crippen LogP contribution < -0.4 is 10.2 Å². The third kappa shape index (κ3) is 6.44. The fourth-order valence-electron chi connectivity index (χ4n) is 4.43. The Labute approximate surface area is 217 Å². The molecular weight excluding hydrogens is 511 g/mol. The predicted octanol–water partition coefficient (Wildman–Crippen LogP) is 3.43. The summed E-state index contributed by atoms with van der Waals surface area (Å²) in [6.07, 6.45) is -5.11. The molecule has 13 heteroatoms. The van der Waals surface area contributed by atoms with Crippen LogP contribution in [0.1, 0.15) is 36.7 Å². The third-order valence-corrected chi connectivity index (χ3v) is 7.24. The topological polar surface area (TPSA) is 87.2 Å². The lowest BCUT2D eigenvalue weighted by molar-refractivity contribution is -0.136. The average Bonchev–Trinajstić information content (AvgIpc) is 3.26. The number of carbonyl (C=O) groups is 2. The highest BCUT2D eigenvalue weighted by Gasteiger charge is 2.36. The molecule has 0 saturated carbocycles. The average molecular weight is 544 g/mol. The van der Waals surface area contributed by atoms with E-state index in [9.17, 15) is 22.8 Å². The van der Waals surface area contributed by atoms with Gasteiger partial charge in [-0.25, -0.2) is 9.78 Å². The second-order valence-corrected chi connectivity index (χ2v) is 11.0. The molecule has 0 aromatic carbocycles.